The molecule has 0 N–H and O–H groups in total. The van der Waals surface area contributed by atoms with Crippen LogP contribution in [0.1, 0.15) is 21.5 Å². The molecule has 0 fully saturated rings. The molecule has 0 amide bonds. The zero-order valence-electron chi connectivity index (χ0n) is 9.07. The number of benzene rings is 1. The van der Waals surface area contributed by atoms with Crippen LogP contribution < -0.4 is 0 Å². The minimum absolute atomic E-state index is 0.0133. The van der Waals surface area contributed by atoms with Gasteiger partial charge in [0.15, 0.2) is 0 Å². The average Bonchev–Trinajstić information content (AvgIpc) is 2.49. The maximum Gasteiger partial charge on any atom is 0.341 e. The Balaban J connectivity index is 2.75. The molecular formula is C11H7Br2F3O2. The van der Waals surface area contributed by atoms with E-state index in [0.717, 1.165) is 13.2 Å². The zero-order chi connectivity index (χ0) is 13.7. The van der Waals surface area contributed by atoms with E-state index in [1.807, 2.05) is 0 Å². The molecule has 0 spiro atoms. The van der Waals surface area contributed by atoms with Gasteiger partial charge >= 0.3 is 5.97 Å². The van der Waals surface area contributed by atoms with Crippen LogP contribution in [0.25, 0.3) is 0 Å². The number of carbonyl (C=O) groups is 1. The second-order valence-corrected chi connectivity index (χ2v) is 5.81. The number of alkyl halides is 3. The van der Waals surface area contributed by atoms with Gasteiger partial charge in [-0.25, -0.2) is 18.0 Å². The maximum atomic E-state index is 13.9. The topological polar surface area (TPSA) is 26.3 Å². The number of fused-ring (bicyclic) bond motifs is 1. The minimum atomic E-state index is -3.16. The van der Waals surface area contributed by atoms with Gasteiger partial charge in [0.05, 0.1) is 17.5 Å². The van der Waals surface area contributed by atoms with Gasteiger partial charge in [0.2, 0.25) is 0 Å². The smallest absolute Gasteiger partial charge is 0.341 e. The van der Waals surface area contributed by atoms with Crippen LogP contribution in [0.2, 0.25) is 0 Å². The number of hydrogen-bond acceptors (Lipinski definition) is 2. The summed E-state index contributed by atoms with van der Waals surface area (Å²) in [6, 6.07) is 0.865. The van der Waals surface area contributed by atoms with Crippen molar-refractivity contribution in [3.05, 3.63) is 33.0 Å². The van der Waals surface area contributed by atoms with E-state index in [4.69, 9.17) is 0 Å². The Labute approximate surface area is 118 Å². The Kier molecular flexibility index (Phi) is 3.48. The van der Waals surface area contributed by atoms with Crippen molar-refractivity contribution < 1.29 is 22.7 Å². The van der Waals surface area contributed by atoms with E-state index >= 15 is 0 Å². The Morgan fingerprint density at radius 1 is 1.56 bits per heavy atom. The first-order valence-corrected chi connectivity index (χ1v) is 6.63. The van der Waals surface area contributed by atoms with Gasteiger partial charge in [-0.05, 0) is 18.1 Å². The highest BCUT2D eigenvalue weighted by Crippen LogP contribution is 2.50. The van der Waals surface area contributed by atoms with E-state index in [9.17, 15) is 18.0 Å². The van der Waals surface area contributed by atoms with Crippen molar-refractivity contribution in [3.8, 4) is 0 Å². The fourth-order valence-electron chi connectivity index (χ4n) is 2.02. The fraction of sp³-hybridized carbons (Fsp3) is 0.364. The number of rotatable bonds is 1. The number of esters is 1. The second kappa shape index (κ2) is 4.52. The molecule has 0 aliphatic heterocycles. The lowest BCUT2D eigenvalue weighted by molar-refractivity contribution is 0.00562. The van der Waals surface area contributed by atoms with Crippen LogP contribution in [0.15, 0.2) is 10.5 Å². The van der Waals surface area contributed by atoms with Gasteiger partial charge < -0.3 is 4.74 Å². The molecule has 0 radical (unpaired) electrons. The molecule has 98 valence electrons. The number of hydrogen-bond donors (Lipinski definition) is 0. The highest BCUT2D eigenvalue weighted by molar-refractivity contribution is 9.10. The lowest BCUT2D eigenvalue weighted by Crippen LogP contribution is -2.20. The lowest BCUT2D eigenvalue weighted by Gasteiger charge is -2.16. The van der Waals surface area contributed by atoms with Gasteiger partial charge in [-0.1, -0.05) is 31.9 Å². The summed E-state index contributed by atoms with van der Waals surface area (Å²) < 4.78 is 46.0. The molecule has 0 saturated carbocycles. The molecule has 1 unspecified atom stereocenters. The molecule has 0 heterocycles. The highest BCUT2D eigenvalue weighted by Gasteiger charge is 2.50. The summed E-state index contributed by atoms with van der Waals surface area (Å²) in [6.07, 6.45) is -0.136. The second-order valence-electron chi connectivity index (χ2n) is 3.85. The standard InChI is InChI=1S/C11H7Br2F3O2/c1-18-10(17)8-4-2-7(13)11(15,16)9(4)5(12)3-6(8)14/h3,7H,2H2,1H3. The predicted molar refractivity (Wildman–Crippen MR) is 65.8 cm³/mol. The highest BCUT2D eigenvalue weighted by atomic mass is 79.9. The van der Waals surface area contributed by atoms with E-state index in [0.29, 0.717) is 0 Å². The largest absolute Gasteiger partial charge is 0.465 e. The minimum Gasteiger partial charge on any atom is -0.465 e. The van der Waals surface area contributed by atoms with Crippen molar-refractivity contribution in [1.29, 1.82) is 0 Å². The monoisotopic (exact) mass is 386 g/mol. The Hall–Kier alpha value is -0.560. The quantitative estimate of drug-likeness (QED) is 0.541. The Bertz CT molecular complexity index is 532. The van der Waals surface area contributed by atoms with Crippen molar-refractivity contribution in [3.63, 3.8) is 0 Å². The molecule has 7 heteroatoms. The normalized spacial score (nSPS) is 20.7. The molecule has 1 aromatic rings. The summed E-state index contributed by atoms with van der Waals surface area (Å²) in [5.74, 6) is -4.98. The number of ether oxygens (including phenoxy) is 1. The van der Waals surface area contributed by atoms with Crippen LogP contribution in [-0.2, 0) is 17.1 Å². The molecule has 18 heavy (non-hydrogen) atoms. The summed E-state index contributed by atoms with van der Waals surface area (Å²) in [7, 11) is 1.08. The summed E-state index contributed by atoms with van der Waals surface area (Å²) >= 11 is 5.77. The number of methoxy groups -OCH3 is 1. The third kappa shape index (κ3) is 1.87. The van der Waals surface area contributed by atoms with E-state index in [2.05, 4.69) is 36.6 Å². The zero-order valence-corrected chi connectivity index (χ0v) is 12.2. The molecule has 0 bridgehead atoms. The van der Waals surface area contributed by atoms with Crippen LogP contribution in [0.3, 0.4) is 0 Å². The number of halogens is 5. The first-order chi connectivity index (χ1) is 8.30. The molecule has 1 aliphatic rings. The van der Waals surface area contributed by atoms with Crippen molar-refractivity contribution in [2.45, 2.75) is 17.2 Å². The third-order valence-corrected chi connectivity index (χ3v) is 4.36. The summed E-state index contributed by atoms with van der Waals surface area (Å²) in [6.45, 7) is 0. The SMILES string of the molecule is COC(=O)c1c(F)cc(Br)c2c1CC(Br)C2(F)F. The van der Waals surface area contributed by atoms with Crippen molar-refractivity contribution in [1.82, 2.24) is 0 Å². The average molecular weight is 388 g/mol. The fourth-order valence-corrected chi connectivity index (χ4v) is 3.28. The van der Waals surface area contributed by atoms with Gasteiger partial charge in [-0.3, -0.25) is 0 Å². The van der Waals surface area contributed by atoms with Crippen LogP contribution >= 0.6 is 31.9 Å². The molecule has 1 atom stereocenters. The van der Waals surface area contributed by atoms with Crippen LogP contribution in [-0.4, -0.2) is 17.9 Å². The molecule has 0 saturated heterocycles. The first-order valence-electron chi connectivity index (χ1n) is 4.92. The Morgan fingerprint density at radius 2 is 2.17 bits per heavy atom. The van der Waals surface area contributed by atoms with Crippen LogP contribution in [0.4, 0.5) is 13.2 Å². The summed E-state index contributed by atoms with van der Waals surface area (Å²) in [5.41, 5.74) is -0.788. The van der Waals surface area contributed by atoms with Crippen molar-refractivity contribution in [2.24, 2.45) is 0 Å². The molecular weight excluding hydrogens is 381 g/mol. The first kappa shape index (κ1) is 13.9. The summed E-state index contributed by atoms with van der Waals surface area (Å²) in [5, 5.41) is 0. The molecule has 2 rings (SSSR count). The van der Waals surface area contributed by atoms with Crippen molar-refractivity contribution >= 4 is 37.8 Å². The van der Waals surface area contributed by atoms with E-state index < -0.39 is 28.1 Å². The predicted octanol–water partition coefficient (Wildman–Crippen LogP) is 3.79. The molecule has 2 nitrogen and oxygen atoms in total. The lowest BCUT2D eigenvalue weighted by atomic mass is 10.0. The van der Waals surface area contributed by atoms with Gasteiger partial charge in [-0.15, -0.1) is 0 Å². The van der Waals surface area contributed by atoms with Gasteiger partial charge in [0, 0.05) is 10.0 Å². The van der Waals surface area contributed by atoms with Crippen LogP contribution in [0, 0.1) is 5.82 Å². The van der Waals surface area contributed by atoms with Gasteiger partial charge in [0.1, 0.15) is 5.82 Å². The van der Waals surface area contributed by atoms with E-state index in [1.165, 1.54) is 0 Å². The molecule has 0 aromatic heterocycles. The molecule has 1 aromatic carbocycles. The van der Waals surface area contributed by atoms with Gasteiger partial charge in [0.25, 0.3) is 5.92 Å². The van der Waals surface area contributed by atoms with Crippen LogP contribution in [0.5, 0.6) is 0 Å². The van der Waals surface area contributed by atoms with Crippen molar-refractivity contribution in [2.75, 3.05) is 7.11 Å². The third-order valence-electron chi connectivity index (χ3n) is 2.83. The number of carbonyl (C=O) groups excluding carboxylic acids is 1. The maximum absolute atomic E-state index is 13.9. The van der Waals surface area contributed by atoms with E-state index in [1.54, 1.807) is 0 Å². The molecule has 1 aliphatic carbocycles. The summed E-state index contributed by atoms with van der Waals surface area (Å²) in [4.78, 5) is 10.3. The van der Waals surface area contributed by atoms with E-state index in [-0.39, 0.29) is 22.0 Å². The Morgan fingerprint density at radius 3 is 2.72 bits per heavy atom. The van der Waals surface area contributed by atoms with Gasteiger partial charge in [-0.2, -0.15) is 0 Å².